The van der Waals surface area contributed by atoms with Crippen molar-refractivity contribution in [2.45, 2.75) is 19.4 Å². The van der Waals surface area contributed by atoms with Gasteiger partial charge in [-0.15, -0.1) is 0 Å². The molecule has 1 aliphatic rings. The van der Waals surface area contributed by atoms with E-state index in [1.165, 1.54) is 6.07 Å². The lowest BCUT2D eigenvalue weighted by molar-refractivity contribution is 0.0296. The Bertz CT molecular complexity index is 464. The highest BCUT2D eigenvalue weighted by molar-refractivity contribution is 5.96. The van der Waals surface area contributed by atoms with Crippen LogP contribution in [0.4, 0.5) is 4.39 Å². The molecule has 1 aliphatic heterocycles. The highest BCUT2D eigenvalue weighted by Gasteiger charge is 2.28. The zero-order valence-electron chi connectivity index (χ0n) is 10.1. The Morgan fingerprint density at radius 2 is 2.22 bits per heavy atom. The summed E-state index contributed by atoms with van der Waals surface area (Å²) in [7, 11) is 0. The molecule has 1 heterocycles. The molecule has 1 fully saturated rings. The van der Waals surface area contributed by atoms with Crippen LogP contribution >= 0.6 is 0 Å². The van der Waals surface area contributed by atoms with E-state index in [9.17, 15) is 19.4 Å². The van der Waals surface area contributed by atoms with Gasteiger partial charge < -0.3 is 15.1 Å². The molecule has 1 aromatic carbocycles. The first kappa shape index (κ1) is 12.8. The third kappa shape index (κ3) is 2.46. The molecule has 98 valence electrons. The van der Waals surface area contributed by atoms with Crippen LogP contribution in [0.1, 0.15) is 23.7 Å². The molecular formula is C13H16FNO3. The number of aromatic hydroxyl groups is 1. The molecule has 1 saturated heterocycles. The molecule has 0 aliphatic carbocycles. The summed E-state index contributed by atoms with van der Waals surface area (Å²) < 4.78 is 12.8. The first-order chi connectivity index (χ1) is 8.49. The number of likely N-dealkylation sites (tertiary alicyclic amines) is 1. The van der Waals surface area contributed by atoms with Gasteiger partial charge in [0.15, 0.2) is 0 Å². The highest BCUT2D eigenvalue weighted by Crippen LogP contribution is 2.23. The molecule has 4 nitrogen and oxygen atoms in total. The Morgan fingerprint density at radius 3 is 2.83 bits per heavy atom. The van der Waals surface area contributed by atoms with E-state index in [1.54, 1.807) is 4.90 Å². The van der Waals surface area contributed by atoms with Crippen molar-refractivity contribution in [3.05, 3.63) is 29.6 Å². The van der Waals surface area contributed by atoms with Crippen LogP contribution < -0.4 is 0 Å². The molecule has 0 radical (unpaired) electrons. The van der Waals surface area contributed by atoms with Gasteiger partial charge in [0.25, 0.3) is 5.91 Å². The Kier molecular flexibility index (Phi) is 3.52. The number of rotatable bonds is 1. The summed E-state index contributed by atoms with van der Waals surface area (Å²) in [5.41, 5.74) is 0.0972. The fourth-order valence-electron chi connectivity index (χ4n) is 2.17. The predicted octanol–water partition coefficient (Wildman–Crippen LogP) is 1.37. The monoisotopic (exact) mass is 253 g/mol. The number of aliphatic hydroxyl groups is 1. The lowest BCUT2D eigenvalue weighted by atomic mass is 9.96. The van der Waals surface area contributed by atoms with E-state index in [0.717, 1.165) is 12.1 Å². The van der Waals surface area contributed by atoms with E-state index in [1.807, 2.05) is 6.92 Å². The topological polar surface area (TPSA) is 60.8 Å². The van der Waals surface area contributed by atoms with Gasteiger partial charge in [0.1, 0.15) is 11.6 Å². The van der Waals surface area contributed by atoms with Crippen LogP contribution in [0, 0.1) is 11.7 Å². The summed E-state index contributed by atoms with van der Waals surface area (Å²) in [5, 5.41) is 19.2. The number of carbonyl (C=O) groups excluding carboxylic acids is 1. The first-order valence-electron chi connectivity index (χ1n) is 5.95. The average Bonchev–Trinajstić information content (AvgIpc) is 2.32. The summed E-state index contributed by atoms with van der Waals surface area (Å²) in [6.07, 6.45) is 0.130. The maximum Gasteiger partial charge on any atom is 0.257 e. The number of phenolic OH excluding ortho intramolecular Hbond substituents is 1. The number of phenols is 1. The smallest absolute Gasteiger partial charge is 0.257 e. The summed E-state index contributed by atoms with van der Waals surface area (Å²) in [6, 6.07) is 3.35. The minimum Gasteiger partial charge on any atom is -0.507 e. The van der Waals surface area contributed by atoms with Crippen molar-refractivity contribution in [3.63, 3.8) is 0 Å². The first-order valence-corrected chi connectivity index (χ1v) is 5.95. The van der Waals surface area contributed by atoms with Gasteiger partial charge in [0, 0.05) is 19.2 Å². The molecule has 2 N–H and O–H groups in total. The van der Waals surface area contributed by atoms with Crippen LogP contribution in [-0.4, -0.2) is 40.2 Å². The second kappa shape index (κ2) is 4.94. The highest BCUT2D eigenvalue weighted by atomic mass is 19.1. The van der Waals surface area contributed by atoms with E-state index < -0.39 is 11.9 Å². The molecular weight excluding hydrogens is 237 g/mol. The van der Waals surface area contributed by atoms with Gasteiger partial charge in [-0.1, -0.05) is 6.92 Å². The van der Waals surface area contributed by atoms with E-state index in [-0.39, 0.29) is 23.1 Å². The lowest BCUT2D eigenvalue weighted by Gasteiger charge is -2.34. The largest absolute Gasteiger partial charge is 0.507 e. The van der Waals surface area contributed by atoms with Gasteiger partial charge in [-0.2, -0.15) is 0 Å². The van der Waals surface area contributed by atoms with Crippen molar-refractivity contribution in [3.8, 4) is 5.75 Å². The van der Waals surface area contributed by atoms with Crippen LogP contribution in [0.3, 0.4) is 0 Å². The Labute approximate surface area is 105 Å². The molecule has 2 atom stereocenters. The number of nitrogens with zero attached hydrogens (tertiary/aromatic N) is 1. The Balaban J connectivity index is 2.16. The van der Waals surface area contributed by atoms with Crippen LogP contribution in [0.5, 0.6) is 5.75 Å². The molecule has 2 unspecified atom stereocenters. The minimum absolute atomic E-state index is 0.00490. The second-order valence-corrected chi connectivity index (χ2v) is 4.75. The maximum atomic E-state index is 12.8. The van der Waals surface area contributed by atoms with E-state index in [4.69, 9.17) is 0 Å². The minimum atomic E-state index is -0.577. The van der Waals surface area contributed by atoms with Crippen molar-refractivity contribution in [2.75, 3.05) is 13.1 Å². The number of carbonyl (C=O) groups is 1. The number of amides is 1. The number of benzene rings is 1. The average molecular weight is 253 g/mol. The molecule has 0 bridgehead atoms. The zero-order valence-corrected chi connectivity index (χ0v) is 10.1. The molecule has 0 aromatic heterocycles. The Hall–Kier alpha value is -1.62. The fraction of sp³-hybridized carbons (Fsp3) is 0.462. The Morgan fingerprint density at radius 1 is 1.50 bits per heavy atom. The summed E-state index contributed by atoms with van der Waals surface area (Å²) in [6.45, 7) is 2.76. The number of halogens is 1. The third-order valence-electron chi connectivity index (χ3n) is 3.34. The molecule has 18 heavy (non-hydrogen) atoms. The van der Waals surface area contributed by atoms with Crippen molar-refractivity contribution >= 4 is 5.91 Å². The third-order valence-corrected chi connectivity index (χ3v) is 3.34. The standard InChI is InChI=1S/C13H16FNO3/c1-8-7-15(5-4-11(8)16)13(18)10-3-2-9(14)6-12(10)17/h2-3,6,8,11,16-17H,4-5,7H2,1H3. The zero-order chi connectivity index (χ0) is 13.3. The molecule has 5 heteroatoms. The summed E-state index contributed by atoms with van der Waals surface area (Å²) >= 11 is 0. The van der Waals surface area contributed by atoms with Crippen molar-refractivity contribution in [2.24, 2.45) is 5.92 Å². The number of aliphatic hydroxyl groups excluding tert-OH is 1. The quantitative estimate of drug-likeness (QED) is 0.794. The normalized spacial score (nSPS) is 24.1. The number of hydrogen-bond acceptors (Lipinski definition) is 3. The van der Waals surface area contributed by atoms with Gasteiger partial charge >= 0.3 is 0 Å². The predicted molar refractivity (Wildman–Crippen MR) is 63.8 cm³/mol. The number of hydrogen-bond donors (Lipinski definition) is 2. The van der Waals surface area contributed by atoms with Gasteiger partial charge in [0.2, 0.25) is 0 Å². The van der Waals surface area contributed by atoms with Crippen LogP contribution in [0.15, 0.2) is 18.2 Å². The molecule has 2 rings (SSSR count). The van der Waals surface area contributed by atoms with Crippen LogP contribution in [0.25, 0.3) is 0 Å². The van der Waals surface area contributed by atoms with Crippen molar-refractivity contribution in [1.29, 1.82) is 0 Å². The summed E-state index contributed by atoms with van der Waals surface area (Å²) in [5.74, 6) is -1.25. The van der Waals surface area contributed by atoms with Gasteiger partial charge in [0.05, 0.1) is 11.7 Å². The van der Waals surface area contributed by atoms with Crippen LogP contribution in [0.2, 0.25) is 0 Å². The fourth-order valence-corrected chi connectivity index (χ4v) is 2.17. The molecule has 1 aromatic rings. The van der Waals surface area contributed by atoms with Crippen molar-refractivity contribution < 1.29 is 19.4 Å². The van der Waals surface area contributed by atoms with Crippen LogP contribution in [-0.2, 0) is 0 Å². The van der Waals surface area contributed by atoms with Crippen molar-refractivity contribution in [1.82, 2.24) is 4.90 Å². The molecule has 0 spiro atoms. The van der Waals surface area contributed by atoms with E-state index in [2.05, 4.69) is 0 Å². The summed E-state index contributed by atoms with van der Waals surface area (Å²) in [4.78, 5) is 13.7. The maximum absolute atomic E-state index is 12.8. The lowest BCUT2D eigenvalue weighted by Crippen LogP contribution is -2.44. The second-order valence-electron chi connectivity index (χ2n) is 4.75. The van der Waals surface area contributed by atoms with E-state index >= 15 is 0 Å². The molecule has 0 saturated carbocycles. The SMILES string of the molecule is CC1CN(C(=O)c2ccc(F)cc2O)CCC1O. The van der Waals surface area contributed by atoms with Gasteiger partial charge in [-0.25, -0.2) is 4.39 Å². The number of piperidine rings is 1. The van der Waals surface area contributed by atoms with Gasteiger partial charge in [-0.3, -0.25) is 4.79 Å². The molecule has 1 amide bonds. The van der Waals surface area contributed by atoms with E-state index in [0.29, 0.717) is 19.5 Å². The van der Waals surface area contributed by atoms with Gasteiger partial charge in [-0.05, 0) is 24.5 Å².